The molecule has 1 aromatic carbocycles. The molecule has 0 heterocycles. The molecule has 3 unspecified atom stereocenters. The Bertz CT molecular complexity index is 390. The van der Waals surface area contributed by atoms with Gasteiger partial charge in [0.2, 0.25) is 0 Å². The van der Waals surface area contributed by atoms with Crippen molar-refractivity contribution < 1.29 is 9.84 Å². The van der Waals surface area contributed by atoms with Gasteiger partial charge in [-0.3, -0.25) is 0 Å². The van der Waals surface area contributed by atoms with Gasteiger partial charge in [-0.2, -0.15) is 0 Å². The van der Waals surface area contributed by atoms with E-state index in [1.807, 2.05) is 19.1 Å². The van der Waals surface area contributed by atoms with E-state index in [0.29, 0.717) is 0 Å². The molecule has 17 heavy (non-hydrogen) atoms. The van der Waals surface area contributed by atoms with E-state index in [1.165, 1.54) is 17.5 Å². The summed E-state index contributed by atoms with van der Waals surface area (Å²) in [5.74, 6) is 0.800. The normalized spacial score (nSPS) is 22.7. The predicted molar refractivity (Wildman–Crippen MR) is 68.1 cm³/mol. The quantitative estimate of drug-likeness (QED) is 0.844. The molecule has 0 bridgehead atoms. The average molecular weight is 235 g/mol. The van der Waals surface area contributed by atoms with Gasteiger partial charge in [-0.25, -0.2) is 0 Å². The molecule has 1 aliphatic rings. The smallest absolute Gasteiger partial charge is 0.121 e. The van der Waals surface area contributed by atoms with Crippen LogP contribution < -0.4 is 10.5 Å². The van der Waals surface area contributed by atoms with Crippen LogP contribution in [0, 0.1) is 0 Å². The topological polar surface area (TPSA) is 55.5 Å². The van der Waals surface area contributed by atoms with Gasteiger partial charge in [-0.1, -0.05) is 6.07 Å². The second kappa shape index (κ2) is 5.07. The fourth-order valence-corrected chi connectivity index (χ4v) is 2.20. The van der Waals surface area contributed by atoms with E-state index in [-0.39, 0.29) is 12.1 Å². The molecule has 3 N–H and O–H groups in total. The van der Waals surface area contributed by atoms with E-state index in [1.54, 1.807) is 6.92 Å². The van der Waals surface area contributed by atoms with Gasteiger partial charge in [-0.15, -0.1) is 0 Å². The summed E-state index contributed by atoms with van der Waals surface area (Å²) >= 11 is 0. The highest BCUT2D eigenvalue weighted by atomic mass is 16.5. The number of fused-ring (bicyclic) bond motifs is 1. The van der Waals surface area contributed by atoms with Crippen LogP contribution in [0.15, 0.2) is 18.2 Å². The first-order chi connectivity index (χ1) is 8.08. The molecule has 0 saturated heterocycles. The number of rotatable bonds is 3. The third-order valence-corrected chi connectivity index (χ3v) is 3.48. The Morgan fingerprint density at radius 3 is 2.88 bits per heavy atom. The monoisotopic (exact) mass is 235 g/mol. The standard InChI is InChI=1S/C14H21NO2/c1-9(16)10(2)17-12-7-6-11-4-3-5-14(15)13(11)8-12/h6-10,14,16H,3-5,15H2,1-2H3. The molecule has 94 valence electrons. The SMILES string of the molecule is CC(O)C(C)Oc1ccc2c(c1)C(N)CCC2. The van der Waals surface area contributed by atoms with Crippen molar-refractivity contribution in [3.05, 3.63) is 29.3 Å². The van der Waals surface area contributed by atoms with Gasteiger partial charge in [0, 0.05) is 6.04 Å². The lowest BCUT2D eigenvalue weighted by Gasteiger charge is -2.24. The van der Waals surface area contributed by atoms with Crippen LogP contribution in [0.4, 0.5) is 0 Å². The second-order valence-electron chi connectivity index (χ2n) is 4.92. The van der Waals surface area contributed by atoms with Crippen LogP contribution >= 0.6 is 0 Å². The van der Waals surface area contributed by atoms with Crippen LogP contribution in [0.25, 0.3) is 0 Å². The molecule has 0 fully saturated rings. The first-order valence-electron chi connectivity index (χ1n) is 6.31. The van der Waals surface area contributed by atoms with Crippen LogP contribution in [-0.2, 0) is 6.42 Å². The van der Waals surface area contributed by atoms with E-state index in [0.717, 1.165) is 18.6 Å². The van der Waals surface area contributed by atoms with Crippen molar-refractivity contribution in [1.82, 2.24) is 0 Å². The zero-order valence-electron chi connectivity index (χ0n) is 10.5. The van der Waals surface area contributed by atoms with Crippen molar-refractivity contribution in [2.45, 2.75) is 51.4 Å². The number of benzene rings is 1. The molecule has 0 saturated carbocycles. The number of aryl methyl sites for hydroxylation is 1. The summed E-state index contributed by atoms with van der Waals surface area (Å²) < 4.78 is 5.68. The Hall–Kier alpha value is -1.06. The lowest BCUT2D eigenvalue weighted by Crippen LogP contribution is -2.26. The Kier molecular flexibility index (Phi) is 3.69. The van der Waals surface area contributed by atoms with Gasteiger partial charge < -0.3 is 15.6 Å². The molecule has 0 radical (unpaired) electrons. The van der Waals surface area contributed by atoms with Crippen molar-refractivity contribution in [3.63, 3.8) is 0 Å². The summed E-state index contributed by atoms with van der Waals surface area (Å²) in [5.41, 5.74) is 8.64. The second-order valence-corrected chi connectivity index (χ2v) is 4.92. The van der Waals surface area contributed by atoms with Crippen molar-refractivity contribution in [3.8, 4) is 5.75 Å². The highest BCUT2D eigenvalue weighted by Gasteiger charge is 2.18. The molecule has 0 amide bonds. The van der Waals surface area contributed by atoms with E-state index >= 15 is 0 Å². The fraction of sp³-hybridized carbons (Fsp3) is 0.571. The van der Waals surface area contributed by atoms with E-state index in [9.17, 15) is 5.11 Å². The van der Waals surface area contributed by atoms with Gasteiger partial charge >= 0.3 is 0 Å². The number of aliphatic hydroxyl groups is 1. The highest BCUT2D eigenvalue weighted by Crippen LogP contribution is 2.31. The Morgan fingerprint density at radius 2 is 2.18 bits per heavy atom. The summed E-state index contributed by atoms with van der Waals surface area (Å²) in [5, 5.41) is 9.42. The molecule has 2 rings (SSSR count). The van der Waals surface area contributed by atoms with Gasteiger partial charge in [0.1, 0.15) is 11.9 Å². The maximum Gasteiger partial charge on any atom is 0.121 e. The van der Waals surface area contributed by atoms with Crippen molar-refractivity contribution >= 4 is 0 Å². The van der Waals surface area contributed by atoms with Gasteiger partial charge in [-0.05, 0) is 56.4 Å². The lowest BCUT2D eigenvalue weighted by molar-refractivity contribution is 0.0603. The van der Waals surface area contributed by atoms with E-state index < -0.39 is 6.10 Å². The predicted octanol–water partition coefficient (Wildman–Crippen LogP) is 2.17. The minimum Gasteiger partial charge on any atom is -0.488 e. The molecule has 1 aromatic rings. The number of hydrogen-bond donors (Lipinski definition) is 2. The maximum atomic E-state index is 9.42. The van der Waals surface area contributed by atoms with Crippen LogP contribution in [0.1, 0.15) is 43.9 Å². The highest BCUT2D eigenvalue weighted by molar-refractivity contribution is 5.39. The third-order valence-electron chi connectivity index (χ3n) is 3.48. The zero-order valence-corrected chi connectivity index (χ0v) is 10.5. The summed E-state index contributed by atoms with van der Waals surface area (Å²) in [6, 6.07) is 6.22. The molecule has 0 spiro atoms. The first kappa shape index (κ1) is 12.4. The summed E-state index contributed by atoms with van der Waals surface area (Å²) in [7, 11) is 0. The summed E-state index contributed by atoms with van der Waals surface area (Å²) in [6.07, 6.45) is 2.64. The molecule has 3 heteroatoms. The van der Waals surface area contributed by atoms with Crippen LogP contribution in [0.2, 0.25) is 0 Å². The minimum absolute atomic E-state index is 0.129. The first-order valence-corrected chi connectivity index (χ1v) is 6.31. The molecule has 0 aromatic heterocycles. The Morgan fingerprint density at radius 1 is 1.41 bits per heavy atom. The van der Waals surface area contributed by atoms with Gasteiger partial charge in [0.25, 0.3) is 0 Å². The van der Waals surface area contributed by atoms with Crippen molar-refractivity contribution in [1.29, 1.82) is 0 Å². The van der Waals surface area contributed by atoms with Crippen molar-refractivity contribution in [2.24, 2.45) is 5.73 Å². The molecule has 0 aliphatic heterocycles. The van der Waals surface area contributed by atoms with E-state index in [4.69, 9.17) is 10.5 Å². The molecular formula is C14H21NO2. The number of ether oxygens (including phenoxy) is 1. The maximum absolute atomic E-state index is 9.42. The van der Waals surface area contributed by atoms with Crippen molar-refractivity contribution in [2.75, 3.05) is 0 Å². The molecule has 1 aliphatic carbocycles. The zero-order chi connectivity index (χ0) is 12.4. The van der Waals surface area contributed by atoms with Crippen LogP contribution in [-0.4, -0.2) is 17.3 Å². The molecule has 3 atom stereocenters. The molecule has 3 nitrogen and oxygen atoms in total. The lowest BCUT2D eigenvalue weighted by atomic mass is 9.88. The van der Waals surface area contributed by atoms with Gasteiger partial charge in [0.05, 0.1) is 6.10 Å². The number of nitrogens with two attached hydrogens (primary N) is 1. The summed E-state index contributed by atoms with van der Waals surface area (Å²) in [6.45, 7) is 3.60. The third kappa shape index (κ3) is 2.79. The van der Waals surface area contributed by atoms with Gasteiger partial charge in [0.15, 0.2) is 0 Å². The summed E-state index contributed by atoms with van der Waals surface area (Å²) in [4.78, 5) is 0. The van der Waals surface area contributed by atoms with Crippen LogP contribution in [0.5, 0.6) is 5.75 Å². The molecular weight excluding hydrogens is 214 g/mol. The fourth-order valence-electron chi connectivity index (χ4n) is 2.20. The average Bonchev–Trinajstić information content (AvgIpc) is 2.30. The number of aliphatic hydroxyl groups excluding tert-OH is 1. The van der Waals surface area contributed by atoms with Crippen LogP contribution in [0.3, 0.4) is 0 Å². The minimum atomic E-state index is -0.472. The Balaban J connectivity index is 2.18. The Labute approximate surface area is 103 Å². The largest absolute Gasteiger partial charge is 0.488 e. The van der Waals surface area contributed by atoms with E-state index in [2.05, 4.69) is 6.07 Å². The number of hydrogen-bond acceptors (Lipinski definition) is 3.